The summed E-state index contributed by atoms with van der Waals surface area (Å²) in [6.07, 6.45) is 3.17. The summed E-state index contributed by atoms with van der Waals surface area (Å²) in [5.41, 5.74) is 4.22. The number of carbonyl (C=O) groups is 1. The van der Waals surface area contributed by atoms with Crippen LogP contribution in [0.1, 0.15) is 40.9 Å². The van der Waals surface area contributed by atoms with Crippen molar-refractivity contribution in [3.8, 4) is 22.6 Å². The molecule has 34 heavy (non-hydrogen) atoms. The van der Waals surface area contributed by atoms with Crippen molar-refractivity contribution in [2.45, 2.75) is 26.3 Å². The summed E-state index contributed by atoms with van der Waals surface area (Å²) in [6.45, 7) is 2.78. The Kier molecular flexibility index (Phi) is 5.98. The van der Waals surface area contributed by atoms with Gasteiger partial charge in [0.1, 0.15) is 11.5 Å². The molecule has 0 bridgehead atoms. The SMILES string of the molecule is CCCn1nc(C(=O)c2ccccc2)nc1Cc1ccc(-c2cccnc2-c2nn[nH]n2)cc1. The molecule has 0 saturated carbocycles. The van der Waals surface area contributed by atoms with Crippen LogP contribution in [0.25, 0.3) is 22.6 Å². The maximum Gasteiger partial charge on any atom is 0.232 e. The molecule has 0 spiro atoms. The topological polar surface area (TPSA) is 115 Å². The number of rotatable bonds is 8. The molecule has 0 aliphatic carbocycles. The molecule has 0 unspecified atom stereocenters. The summed E-state index contributed by atoms with van der Waals surface area (Å²) < 4.78 is 1.83. The highest BCUT2D eigenvalue weighted by atomic mass is 16.1. The second-order valence-corrected chi connectivity index (χ2v) is 7.78. The summed E-state index contributed by atoms with van der Waals surface area (Å²) in [5.74, 6) is 1.27. The molecule has 1 N–H and O–H groups in total. The number of aromatic amines is 1. The molecular formula is C25H22N8O. The maximum atomic E-state index is 12.8. The van der Waals surface area contributed by atoms with Gasteiger partial charge in [-0.15, -0.1) is 15.3 Å². The van der Waals surface area contributed by atoms with Crippen LogP contribution >= 0.6 is 0 Å². The van der Waals surface area contributed by atoms with Gasteiger partial charge in [-0.3, -0.25) is 9.78 Å². The summed E-state index contributed by atoms with van der Waals surface area (Å²) in [4.78, 5) is 21.9. The fraction of sp³-hybridized carbons (Fsp3) is 0.160. The molecule has 9 nitrogen and oxygen atoms in total. The fourth-order valence-corrected chi connectivity index (χ4v) is 3.77. The smallest absolute Gasteiger partial charge is 0.232 e. The summed E-state index contributed by atoms with van der Waals surface area (Å²) >= 11 is 0. The molecule has 0 saturated heterocycles. The highest BCUT2D eigenvalue weighted by Crippen LogP contribution is 2.28. The molecular weight excluding hydrogens is 428 g/mol. The van der Waals surface area contributed by atoms with E-state index in [0.29, 0.717) is 30.0 Å². The monoisotopic (exact) mass is 450 g/mol. The van der Waals surface area contributed by atoms with E-state index in [9.17, 15) is 4.79 Å². The van der Waals surface area contributed by atoms with Gasteiger partial charge in [0.2, 0.25) is 17.4 Å². The van der Waals surface area contributed by atoms with Gasteiger partial charge in [0.05, 0.1) is 0 Å². The van der Waals surface area contributed by atoms with E-state index >= 15 is 0 Å². The van der Waals surface area contributed by atoms with Gasteiger partial charge in [0, 0.05) is 30.3 Å². The van der Waals surface area contributed by atoms with Crippen molar-refractivity contribution in [3.63, 3.8) is 0 Å². The highest BCUT2D eigenvalue weighted by molar-refractivity contribution is 6.06. The van der Waals surface area contributed by atoms with Crippen molar-refractivity contribution in [2.24, 2.45) is 0 Å². The molecule has 0 atom stereocenters. The normalized spacial score (nSPS) is 11.0. The van der Waals surface area contributed by atoms with E-state index < -0.39 is 0 Å². The van der Waals surface area contributed by atoms with Crippen molar-refractivity contribution in [2.75, 3.05) is 0 Å². The quantitative estimate of drug-likeness (QED) is 0.358. The first-order valence-corrected chi connectivity index (χ1v) is 11.0. The Bertz CT molecular complexity index is 1390. The van der Waals surface area contributed by atoms with E-state index in [1.807, 2.05) is 59.3 Å². The summed E-state index contributed by atoms with van der Waals surface area (Å²) in [6, 6.07) is 21.1. The van der Waals surface area contributed by atoms with Gasteiger partial charge in [0.25, 0.3) is 0 Å². The average Bonchev–Trinajstić information content (AvgIpc) is 3.56. The molecule has 0 aliphatic heterocycles. The minimum absolute atomic E-state index is 0.169. The van der Waals surface area contributed by atoms with Gasteiger partial charge in [-0.1, -0.05) is 67.6 Å². The number of ketones is 1. The molecule has 0 fully saturated rings. The molecule has 3 aromatic heterocycles. The molecule has 3 heterocycles. The molecule has 0 aliphatic rings. The molecule has 5 aromatic rings. The third-order valence-electron chi connectivity index (χ3n) is 5.41. The summed E-state index contributed by atoms with van der Waals surface area (Å²) in [5, 5.41) is 18.7. The van der Waals surface area contributed by atoms with Gasteiger partial charge in [-0.25, -0.2) is 9.67 Å². The lowest BCUT2D eigenvalue weighted by molar-refractivity contribution is 0.102. The number of pyridine rings is 1. The molecule has 9 heteroatoms. The van der Waals surface area contributed by atoms with Crippen molar-refractivity contribution in [1.82, 2.24) is 40.4 Å². The van der Waals surface area contributed by atoms with Crippen LogP contribution in [0.5, 0.6) is 0 Å². The summed E-state index contributed by atoms with van der Waals surface area (Å²) in [7, 11) is 0. The van der Waals surface area contributed by atoms with E-state index in [1.165, 1.54) is 0 Å². The van der Waals surface area contributed by atoms with E-state index in [2.05, 4.69) is 42.6 Å². The lowest BCUT2D eigenvalue weighted by Gasteiger charge is -2.08. The van der Waals surface area contributed by atoms with Crippen LogP contribution in [0.2, 0.25) is 0 Å². The lowest BCUT2D eigenvalue weighted by atomic mass is 10.0. The van der Waals surface area contributed by atoms with Gasteiger partial charge >= 0.3 is 0 Å². The standard InChI is InChI=1S/C25H22N8O/c1-2-15-33-21(27-25(30-33)23(34)19-7-4-3-5-8-19)16-17-10-12-18(13-11-17)20-9-6-14-26-22(20)24-28-31-32-29-24/h3-14H,2,15-16H2,1H3,(H,28,29,31,32). The van der Waals surface area contributed by atoms with Crippen LogP contribution in [-0.2, 0) is 13.0 Å². The molecule has 2 aromatic carbocycles. The average molecular weight is 451 g/mol. The largest absolute Gasteiger partial charge is 0.285 e. The maximum absolute atomic E-state index is 12.8. The first kappa shape index (κ1) is 21.3. The number of benzene rings is 2. The van der Waals surface area contributed by atoms with Crippen LogP contribution in [0.15, 0.2) is 72.9 Å². The second-order valence-electron chi connectivity index (χ2n) is 7.78. The molecule has 168 valence electrons. The highest BCUT2D eigenvalue weighted by Gasteiger charge is 2.18. The second kappa shape index (κ2) is 9.53. The van der Waals surface area contributed by atoms with Crippen molar-refractivity contribution < 1.29 is 4.79 Å². The predicted octanol–water partition coefficient (Wildman–Crippen LogP) is 3.75. The Labute approximate surface area is 195 Å². The van der Waals surface area contributed by atoms with Gasteiger partial charge in [-0.2, -0.15) is 5.21 Å². The number of tetrazole rings is 1. The van der Waals surface area contributed by atoms with Crippen LogP contribution in [0, 0.1) is 0 Å². The number of hydrogen-bond donors (Lipinski definition) is 1. The van der Waals surface area contributed by atoms with Gasteiger partial charge in [0.15, 0.2) is 0 Å². The first-order valence-electron chi connectivity index (χ1n) is 11.0. The Morgan fingerprint density at radius 1 is 1.00 bits per heavy atom. The Morgan fingerprint density at radius 3 is 2.56 bits per heavy atom. The number of aryl methyl sites for hydroxylation is 1. The van der Waals surface area contributed by atoms with Gasteiger partial charge < -0.3 is 0 Å². The minimum atomic E-state index is -0.169. The number of carbonyl (C=O) groups excluding carboxylic acids is 1. The van der Waals surface area contributed by atoms with Crippen LogP contribution in [-0.4, -0.2) is 46.2 Å². The van der Waals surface area contributed by atoms with Crippen LogP contribution in [0.3, 0.4) is 0 Å². The molecule has 0 radical (unpaired) electrons. The predicted molar refractivity (Wildman–Crippen MR) is 126 cm³/mol. The third kappa shape index (κ3) is 4.36. The van der Waals surface area contributed by atoms with E-state index in [-0.39, 0.29) is 11.6 Å². The Morgan fingerprint density at radius 2 is 1.82 bits per heavy atom. The Balaban J connectivity index is 1.41. The number of aromatic nitrogens is 8. The lowest BCUT2D eigenvalue weighted by Crippen LogP contribution is -2.07. The Hall–Kier alpha value is -4.53. The zero-order valence-electron chi connectivity index (χ0n) is 18.6. The number of nitrogens with one attached hydrogen (secondary N) is 1. The molecule has 0 amide bonds. The van der Waals surface area contributed by atoms with Crippen molar-refractivity contribution in [3.05, 3.63) is 95.7 Å². The zero-order chi connectivity index (χ0) is 23.3. The number of nitrogens with zero attached hydrogens (tertiary/aromatic N) is 7. The van der Waals surface area contributed by atoms with E-state index in [4.69, 9.17) is 0 Å². The zero-order valence-corrected chi connectivity index (χ0v) is 18.6. The van der Waals surface area contributed by atoms with Crippen LogP contribution in [0.4, 0.5) is 0 Å². The van der Waals surface area contributed by atoms with Gasteiger partial charge in [-0.05, 0) is 28.8 Å². The first-order chi connectivity index (χ1) is 16.7. The van der Waals surface area contributed by atoms with Crippen molar-refractivity contribution in [1.29, 1.82) is 0 Å². The van der Waals surface area contributed by atoms with Crippen LogP contribution < -0.4 is 0 Å². The van der Waals surface area contributed by atoms with E-state index in [0.717, 1.165) is 28.9 Å². The van der Waals surface area contributed by atoms with E-state index in [1.54, 1.807) is 18.3 Å². The number of H-pyrrole nitrogens is 1. The van der Waals surface area contributed by atoms with Crippen molar-refractivity contribution >= 4 is 5.78 Å². The molecule has 5 rings (SSSR count). The minimum Gasteiger partial charge on any atom is -0.285 e. The third-order valence-corrected chi connectivity index (χ3v) is 5.41. The number of hydrogen-bond acceptors (Lipinski definition) is 7. The fourth-order valence-electron chi connectivity index (χ4n) is 3.77.